The largest absolute Gasteiger partial charge is 0.477 e. The molecule has 0 atom stereocenters. The minimum atomic E-state index is -1.02. The van der Waals surface area contributed by atoms with Crippen LogP contribution >= 0.6 is 0 Å². The molecule has 0 unspecified atom stereocenters. The van der Waals surface area contributed by atoms with E-state index in [1.54, 1.807) is 6.92 Å². The number of rotatable bonds is 5. The van der Waals surface area contributed by atoms with Gasteiger partial charge in [0.1, 0.15) is 0 Å². The van der Waals surface area contributed by atoms with Gasteiger partial charge in [0, 0.05) is 12.2 Å². The van der Waals surface area contributed by atoms with Crippen LogP contribution in [0.1, 0.15) is 35.9 Å². The number of nitrogens with zero attached hydrogens (tertiary/aromatic N) is 3. The highest BCUT2D eigenvalue weighted by atomic mass is 16.4. The molecule has 6 heteroatoms. The maximum absolute atomic E-state index is 11.0. The zero-order chi connectivity index (χ0) is 14.5. The molecule has 1 aliphatic heterocycles. The van der Waals surface area contributed by atoms with Crippen LogP contribution in [0.3, 0.4) is 0 Å². The van der Waals surface area contributed by atoms with Crippen LogP contribution in [-0.2, 0) is 0 Å². The van der Waals surface area contributed by atoms with Gasteiger partial charge in [-0.25, -0.2) is 14.8 Å². The summed E-state index contributed by atoms with van der Waals surface area (Å²) < 4.78 is 0. The molecule has 0 amide bonds. The molecule has 2 rings (SSSR count). The van der Waals surface area contributed by atoms with E-state index in [2.05, 4.69) is 27.1 Å². The zero-order valence-electron chi connectivity index (χ0n) is 12.1. The van der Waals surface area contributed by atoms with Crippen LogP contribution in [0.25, 0.3) is 0 Å². The van der Waals surface area contributed by atoms with E-state index >= 15 is 0 Å². The molecule has 0 bridgehead atoms. The van der Waals surface area contributed by atoms with Crippen molar-refractivity contribution in [2.45, 2.75) is 26.7 Å². The van der Waals surface area contributed by atoms with Gasteiger partial charge in [-0.1, -0.05) is 6.92 Å². The number of hydrogen-bond acceptors (Lipinski definition) is 5. The van der Waals surface area contributed by atoms with Gasteiger partial charge in [-0.05, 0) is 51.4 Å². The smallest absolute Gasteiger partial charge is 0.354 e. The number of likely N-dealkylation sites (tertiary alicyclic amines) is 1. The Morgan fingerprint density at radius 3 is 2.75 bits per heavy atom. The van der Waals surface area contributed by atoms with Crippen molar-refractivity contribution in [2.24, 2.45) is 5.92 Å². The molecule has 0 aromatic carbocycles. The quantitative estimate of drug-likeness (QED) is 0.852. The number of piperidine rings is 1. The maximum atomic E-state index is 11.0. The van der Waals surface area contributed by atoms with Crippen LogP contribution in [-0.4, -0.2) is 52.1 Å². The van der Waals surface area contributed by atoms with Crippen molar-refractivity contribution in [1.29, 1.82) is 0 Å². The van der Waals surface area contributed by atoms with Crippen LogP contribution in [0, 0.1) is 12.8 Å². The molecular formula is C14H22N4O2. The summed E-state index contributed by atoms with van der Waals surface area (Å²) in [5, 5.41) is 12.2. The molecule has 6 nitrogen and oxygen atoms in total. The summed E-state index contributed by atoms with van der Waals surface area (Å²) in [7, 11) is 0. The number of carboxylic acids is 1. The summed E-state index contributed by atoms with van der Waals surface area (Å²) in [5.41, 5.74) is 0.710. The third-order valence-corrected chi connectivity index (χ3v) is 3.78. The topological polar surface area (TPSA) is 78.4 Å². The molecule has 1 aliphatic rings. The van der Waals surface area contributed by atoms with E-state index in [1.165, 1.54) is 18.9 Å². The fourth-order valence-electron chi connectivity index (χ4n) is 2.50. The Kier molecular flexibility index (Phi) is 4.89. The van der Waals surface area contributed by atoms with Gasteiger partial charge >= 0.3 is 5.97 Å². The molecule has 1 aromatic heterocycles. The van der Waals surface area contributed by atoms with E-state index < -0.39 is 5.97 Å². The molecule has 2 heterocycles. The average Bonchev–Trinajstić information content (AvgIpc) is 2.45. The van der Waals surface area contributed by atoms with E-state index in [9.17, 15) is 4.79 Å². The molecule has 110 valence electrons. The predicted molar refractivity (Wildman–Crippen MR) is 77.1 cm³/mol. The molecule has 2 N–H and O–H groups in total. The Hall–Kier alpha value is -1.69. The van der Waals surface area contributed by atoms with Crippen molar-refractivity contribution in [3.8, 4) is 0 Å². The van der Waals surface area contributed by atoms with Gasteiger partial charge in [-0.2, -0.15) is 0 Å². The first-order valence-electron chi connectivity index (χ1n) is 7.13. The minimum Gasteiger partial charge on any atom is -0.477 e. The van der Waals surface area contributed by atoms with Crippen LogP contribution in [0.15, 0.2) is 6.07 Å². The summed E-state index contributed by atoms with van der Waals surface area (Å²) in [4.78, 5) is 21.7. The van der Waals surface area contributed by atoms with Crippen molar-refractivity contribution in [2.75, 3.05) is 31.5 Å². The highest BCUT2D eigenvalue weighted by Crippen LogP contribution is 2.17. The number of aromatic nitrogens is 2. The lowest BCUT2D eigenvalue weighted by Gasteiger charge is -2.31. The lowest BCUT2D eigenvalue weighted by Crippen LogP contribution is -2.35. The number of carboxylic acid groups (broad SMARTS) is 1. The summed E-state index contributed by atoms with van der Waals surface area (Å²) >= 11 is 0. The average molecular weight is 278 g/mol. The second-order valence-electron chi connectivity index (χ2n) is 5.28. The second-order valence-corrected chi connectivity index (χ2v) is 5.28. The highest BCUT2D eigenvalue weighted by Gasteiger charge is 2.18. The summed E-state index contributed by atoms with van der Waals surface area (Å²) in [5.74, 6) is 0.00492. The van der Waals surface area contributed by atoms with Gasteiger partial charge in [0.25, 0.3) is 0 Å². The van der Waals surface area contributed by atoms with E-state index in [1.807, 2.05) is 0 Å². The predicted octanol–water partition coefficient (Wildman–Crippen LogP) is 1.63. The maximum Gasteiger partial charge on any atom is 0.354 e. The van der Waals surface area contributed by atoms with E-state index in [0.717, 1.165) is 26.2 Å². The van der Waals surface area contributed by atoms with Crippen LogP contribution in [0.5, 0.6) is 0 Å². The van der Waals surface area contributed by atoms with E-state index in [0.29, 0.717) is 17.6 Å². The highest BCUT2D eigenvalue weighted by molar-refractivity contribution is 5.85. The monoisotopic (exact) mass is 278 g/mol. The molecule has 0 saturated carbocycles. The molecule has 1 saturated heterocycles. The van der Waals surface area contributed by atoms with Crippen molar-refractivity contribution in [1.82, 2.24) is 14.9 Å². The second kappa shape index (κ2) is 6.65. The number of aromatic carboxylic acids is 1. The molecule has 1 fully saturated rings. The molecule has 1 aromatic rings. The zero-order valence-corrected chi connectivity index (χ0v) is 12.1. The Bertz CT molecular complexity index is 470. The standard InChI is InChI=1S/C14H22N4O2/c1-3-18-6-4-11(5-7-18)9-15-14-16-10(2)8-12(17-14)13(19)20/h8,11H,3-7,9H2,1-2H3,(H,19,20)(H,15,16,17). The first kappa shape index (κ1) is 14.7. The van der Waals surface area contributed by atoms with E-state index in [-0.39, 0.29) is 5.69 Å². The summed E-state index contributed by atoms with van der Waals surface area (Å²) in [6.45, 7) is 8.16. The van der Waals surface area contributed by atoms with E-state index in [4.69, 9.17) is 5.11 Å². The number of carbonyl (C=O) groups is 1. The number of aryl methyl sites for hydroxylation is 1. The van der Waals surface area contributed by atoms with Crippen LogP contribution < -0.4 is 5.32 Å². The third kappa shape index (κ3) is 3.90. The fourth-order valence-corrected chi connectivity index (χ4v) is 2.50. The van der Waals surface area contributed by atoms with Gasteiger partial charge in [0.2, 0.25) is 5.95 Å². The Morgan fingerprint density at radius 2 is 2.15 bits per heavy atom. The Morgan fingerprint density at radius 1 is 1.45 bits per heavy atom. The summed E-state index contributed by atoms with van der Waals surface area (Å²) in [6.07, 6.45) is 2.33. The lowest BCUT2D eigenvalue weighted by atomic mass is 9.97. The molecule has 0 aliphatic carbocycles. The number of anilines is 1. The number of nitrogens with one attached hydrogen (secondary N) is 1. The number of hydrogen-bond donors (Lipinski definition) is 2. The van der Waals surface area contributed by atoms with Gasteiger partial charge in [0.05, 0.1) is 0 Å². The Balaban J connectivity index is 1.89. The van der Waals surface area contributed by atoms with Crippen molar-refractivity contribution < 1.29 is 9.90 Å². The normalized spacial score (nSPS) is 17.1. The first-order valence-corrected chi connectivity index (χ1v) is 7.13. The van der Waals surface area contributed by atoms with Gasteiger partial charge in [-0.15, -0.1) is 0 Å². The summed E-state index contributed by atoms with van der Waals surface area (Å²) in [6, 6.07) is 1.48. The van der Waals surface area contributed by atoms with Gasteiger partial charge in [0.15, 0.2) is 5.69 Å². The van der Waals surface area contributed by atoms with Crippen molar-refractivity contribution >= 4 is 11.9 Å². The molecular weight excluding hydrogens is 256 g/mol. The first-order chi connectivity index (χ1) is 9.58. The lowest BCUT2D eigenvalue weighted by molar-refractivity contribution is 0.0690. The van der Waals surface area contributed by atoms with Gasteiger partial charge < -0.3 is 15.3 Å². The molecule has 20 heavy (non-hydrogen) atoms. The van der Waals surface area contributed by atoms with Crippen molar-refractivity contribution in [3.05, 3.63) is 17.5 Å². The SMILES string of the molecule is CCN1CCC(CNc2nc(C)cc(C(=O)O)n2)CC1. The van der Waals surface area contributed by atoms with Crippen LogP contribution in [0.4, 0.5) is 5.95 Å². The Labute approximate surface area is 119 Å². The minimum absolute atomic E-state index is 0.0424. The molecule has 0 radical (unpaired) electrons. The fraction of sp³-hybridized carbons (Fsp3) is 0.643. The van der Waals surface area contributed by atoms with Crippen LogP contribution in [0.2, 0.25) is 0 Å². The third-order valence-electron chi connectivity index (χ3n) is 3.78. The molecule has 0 spiro atoms. The van der Waals surface area contributed by atoms with Crippen molar-refractivity contribution in [3.63, 3.8) is 0 Å². The van der Waals surface area contributed by atoms with Gasteiger partial charge in [-0.3, -0.25) is 0 Å².